The van der Waals surface area contributed by atoms with Crippen molar-refractivity contribution >= 4 is 5.91 Å². The summed E-state index contributed by atoms with van der Waals surface area (Å²) in [5.41, 5.74) is 0. The van der Waals surface area contributed by atoms with Crippen molar-refractivity contribution < 1.29 is 4.79 Å². The van der Waals surface area contributed by atoms with E-state index in [1.807, 2.05) is 6.92 Å². The Kier molecular flexibility index (Phi) is 4.28. The maximum absolute atomic E-state index is 12.3. The standard InChI is InChI=1S/C14H27N3O/c1-10(16(3)4)9-17-13(12-7-5-6-8-12)15-11(2)14(17)18/h10-13,15H,5-9H2,1-4H3. The molecular weight excluding hydrogens is 226 g/mol. The molecule has 1 saturated heterocycles. The quantitative estimate of drug-likeness (QED) is 0.819. The zero-order chi connectivity index (χ0) is 13.3. The van der Waals surface area contributed by atoms with E-state index < -0.39 is 0 Å². The fraction of sp³-hybridized carbons (Fsp3) is 0.929. The molecule has 0 aromatic rings. The molecule has 4 heteroatoms. The fourth-order valence-electron chi connectivity index (χ4n) is 3.12. The fourth-order valence-corrected chi connectivity index (χ4v) is 3.12. The maximum Gasteiger partial charge on any atom is 0.240 e. The highest BCUT2D eigenvalue weighted by Crippen LogP contribution is 2.32. The van der Waals surface area contributed by atoms with Crippen molar-refractivity contribution in [3.63, 3.8) is 0 Å². The molecule has 1 heterocycles. The lowest BCUT2D eigenvalue weighted by molar-refractivity contribution is -0.131. The first-order chi connectivity index (χ1) is 8.50. The molecule has 1 saturated carbocycles. The molecule has 2 fully saturated rings. The van der Waals surface area contributed by atoms with Crippen molar-refractivity contribution in [2.75, 3.05) is 20.6 Å². The molecule has 104 valence electrons. The first kappa shape index (κ1) is 13.8. The summed E-state index contributed by atoms with van der Waals surface area (Å²) in [5, 5.41) is 3.50. The number of rotatable bonds is 4. The molecule has 0 radical (unpaired) electrons. The molecule has 3 atom stereocenters. The van der Waals surface area contributed by atoms with Crippen LogP contribution in [0.3, 0.4) is 0 Å². The van der Waals surface area contributed by atoms with E-state index in [0.29, 0.717) is 12.0 Å². The van der Waals surface area contributed by atoms with Crippen LogP contribution in [0.4, 0.5) is 0 Å². The number of hydrogen-bond donors (Lipinski definition) is 1. The van der Waals surface area contributed by atoms with Gasteiger partial charge in [0, 0.05) is 12.6 Å². The van der Waals surface area contributed by atoms with Gasteiger partial charge >= 0.3 is 0 Å². The third kappa shape index (κ3) is 2.69. The average Bonchev–Trinajstić information content (AvgIpc) is 2.92. The molecule has 0 spiro atoms. The van der Waals surface area contributed by atoms with Gasteiger partial charge in [-0.1, -0.05) is 12.8 Å². The summed E-state index contributed by atoms with van der Waals surface area (Å²) in [6.07, 6.45) is 5.46. The maximum atomic E-state index is 12.3. The van der Waals surface area contributed by atoms with Gasteiger partial charge in [0.15, 0.2) is 0 Å². The number of hydrogen-bond acceptors (Lipinski definition) is 3. The summed E-state index contributed by atoms with van der Waals surface area (Å²) >= 11 is 0. The van der Waals surface area contributed by atoms with E-state index in [1.165, 1.54) is 25.7 Å². The van der Waals surface area contributed by atoms with E-state index in [2.05, 4.69) is 36.1 Å². The smallest absolute Gasteiger partial charge is 0.240 e. The Hall–Kier alpha value is -0.610. The van der Waals surface area contributed by atoms with E-state index in [4.69, 9.17) is 0 Å². The predicted octanol–water partition coefficient (Wildman–Crippen LogP) is 1.27. The van der Waals surface area contributed by atoms with Crippen molar-refractivity contribution in [3.05, 3.63) is 0 Å². The Morgan fingerprint density at radius 2 is 2.00 bits per heavy atom. The van der Waals surface area contributed by atoms with Crippen molar-refractivity contribution in [2.45, 2.75) is 57.8 Å². The van der Waals surface area contributed by atoms with Crippen LogP contribution in [-0.2, 0) is 4.79 Å². The van der Waals surface area contributed by atoms with Crippen LogP contribution < -0.4 is 5.32 Å². The summed E-state index contributed by atoms with van der Waals surface area (Å²) in [6, 6.07) is 0.398. The summed E-state index contributed by atoms with van der Waals surface area (Å²) in [5.74, 6) is 0.939. The lowest BCUT2D eigenvalue weighted by atomic mass is 10.0. The molecule has 0 aromatic heterocycles. The van der Waals surface area contributed by atoms with Gasteiger partial charge in [0.25, 0.3) is 0 Å². The summed E-state index contributed by atoms with van der Waals surface area (Å²) < 4.78 is 0. The molecule has 4 nitrogen and oxygen atoms in total. The van der Waals surface area contributed by atoms with Crippen molar-refractivity contribution in [2.24, 2.45) is 5.92 Å². The Labute approximate surface area is 111 Å². The zero-order valence-corrected chi connectivity index (χ0v) is 12.1. The second-order valence-corrected chi connectivity index (χ2v) is 6.18. The van der Waals surface area contributed by atoms with E-state index in [1.54, 1.807) is 0 Å². The Bertz CT molecular complexity index is 299. The molecule has 1 aliphatic carbocycles. The van der Waals surface area contributed by atoms with Gasteiger partial charge in [-0.2, -0.15) is 0 Å². The minimum atomic E-state index is -0.00929. The third-order valence-corrected chi connectivity index (χ3v) is 4.60. The van der Waals surface area contributed by atoms with E-state index >= 15 is 0 Å². The highest BCUT2D eigenvalue weighted by molar-refractivity contribution is 5.84. The van der Waals surface area contributed by atoms with Gasteiger partial charge in [0.05, 0.1) is 12.2 Å². The normalized spacial score (nSPS) is 31.6. The van der Waals surface area contributed by atoms with Crippen LogP contribution in [0.5, 0.6) is 0 Å². The minimum Gasteiger partial charge on any atom is -0.324 e. The topological polar surface area (TPSA) is 35.6 Å². The van der Waals surface area contributed by atoms with Gasteiger partial charge in [-0.3, -0.25) is 10.1 Å². The average molecular weight is 253 g/mol. The number of amides is 1. The highest BCUT2D eigenvalue weighted by Gasteiger charge is 2.41. The van der Waals surface area contributed by atoms with Gasteiger partial charge in [0.1, 0.15) is 0 Å². The minimum absolute atomic E-state index is 0.00929. The SMILES string of the molecule is CC1NC(C2CCCC2)N(CC(C)N(C)C)C1=O. The summed E-state index contributed by atoms with van der Waals surface area (Å²) in [4.78, 5) is 16.5. The molecule has 18 heavy (non-hydrogen) atoms. The molecule has 1 amide bonds. The number of likely N-dealkylation sites (N-methyl/N-ethyl adjacent to an activating group) is 1. The lowest BCUT2D eigenvalue weighted by Crippen LogP contribution is -2.47. The zero-order valence-electron chi connectivity index (χ0n) is 12.1. The van der Waals surface area contributed by atoms with Crippen LogP contribution in [0.15, 0.2) is 0 Å². The van der Waals surface area contributed by atoms with Crippen LogP contribution in [0.1, 0.15) is 39.5 Å². The third-order valence-electron chi connectivity index (χ3n) is 4.60. The highest BCUT2D eigenvalue weighted by atomic mass is 16.2. The van der Waals surface area contributed by atoms with Crippen molar-refractivity contribution in [3.8, 4) is 0 Å². The molecule has 1 aliphatic heterocycles. The van der Waals surface area contributed by atoms with Gasteiger partial charge < -0.3 is 9.80 Å². The second-order valence-electron chi connectivity index (χ2n) is 6.18. The molecular formula is C14H27N3O. The van der Waals surface area contributed by atoms with Crippen LogP contribution in [-0.4, -0.2) is 54.6 Å². The van der Waals surface area contributed by atoms with Gasteiger partial charge in [-0.25, -0.2) is 0 Å². The van der Waals surface area contributed by atoms with Crippen LogP contribution in [0.25, 0.3) is 0 Å². The largest absolute Gasteiger partial charge is 0.324 e. The van der Waals surface area contributed by atoms with Crippen molar-refractivity contribution in [1.82, 2.24) is 15.1 Å². The summed E-state index contributed by atoms with van der Waals surface area (Å²) in [7, 11) is 4.15. The van der Waals surface area contributed by atoms with Gasteiger partial charge in [-0.05, 0) is 46.7 Å². The molecule has 2 aliphatic rings. The molecule has 3 unspecified atom stereocenters. The molecule has 0 bridgehead atoms. The van der Waals surface area contributed by atoms with Crippen molar-refractivity contribution in [1.29, 1.82) is 0 Å². The Morgan fingerprint density at radius 1 is 1.39 bits per heavy atom. The van der Waals surface area contributed by atoms with Crippen LogP contribution in [0.2, 0.25) is 0 Å². The van der Waals surface area contributed by atoms with Gasteiger partial charge in [-0.15, -0.1) is 0 Å². The second kappa shape index (κ2) is 5.57. The lowest BCUT2D eigenvalue weighted by Gasteiger charge is -2.33. The number of nitrogens with one attached hydrogen (secondary N) is 1. The van der Waals surface area contributed by atoms with Crippen LogP contribution in [0, 0.1) is 5.92 Å². The number of carbonyl (C=O) groups excluding carboxylic acids is 1. The predicted molar refractivity (Wildman–Crippen MR) is 73.2 cm³/mol. The first-order valence-corrected chi connectivity index (χ1v) is 7.23. The molecule has 2 rings (SSSR count). The molecule has 0 aromatic carbocycles. The number of carbonyl (C=O) groups is 1. The Balaban J connectivity index is 2.05. The van der Waals surface area contributed by atoms with Gasteiger partial charge in [0.2, 0.25) is 5.91 Å². The van der Waals surface area contributed by atoms with E-state index in [9.17, 15) is 4.79 Å². The number of nitrogens with zero attached hydrogens (tertiary/aromatic N) is 2. The Morgan fingerprint density at radius 3 is 2.56 bits per heavy atom. The monoisotopic (exact) mass is 253 g/mol. The van der Waals surface area contributed by atoms with E-state index in [-0.39, 0.29) is 18.1 Å². The first-order valence-electron chi connectivity index (χ1n) is 7.23. The molecule has 1 N–H and O–H groups in total. The summed E-state index contributed by atoms with van der Waals surface area (Å²) in [6.45, 7) is 5.01. The van der Waals surface area contributed by atoms with Crippen LogP contribution >= 0.6 is 0 Å². The van der Waals surface area contributed by atoms with E-state index in [0.717, 1.165) is 6.54 Å².